The highest BCUT2D eigenvalue weighted by atomic mass is 16.7. The lowest BCUT2D eigenvalue weighted by Gasteiger charge is -2.40. The van der Waals surface area contributed by atoms with Gasteiger partial charge in [-0.3, -0.25) is 9.59 Å². The van der Waals surface area contributed by atoms with Crippen molar-refractivity contribution in [3.05, 3.63) is 36.5 Å². The first-order valence-corrected chi connectivity index (χ1v) is 42.3. The van der Waals surface area contributed by atoms with Gasteiger partial charge in [-0.25, -0.2) is 0 Å². The van der Waals surface area contributed by atoms with Gasteiger partial charge in [-0.2, -0.15) is 0 Å². The second-order valence-corrected chi connectivity index (χ2v) is 29.5. The molecule has 1 saturated heterocycles. The highest BCUT2D eigenvalue weighted by molar-refractivity contribution is 5.76. The van der Waals surface area contributed by atoms with Crippen molar-refractivity contribution in [2.24, 2.45) is 0 Å². The fourth-order valence-electron chi connectivity index (χ4n) is 13.6. The third-order valence-corrected chi connectivity index (χ3v) is 20.2. The summed E-state index contributed by atoms with van der Waals surface area (Å²) in [6, 6.07) is -0.808. The summed E-state index contributed by atoms with van der Waals surface area (Å²) in [6.07, 6.45) is 87.6. The number of hydrogen-bond acceptors (Lipinski definition) is 10. The van der Waals surface area contributed by atoms with Gasteiger partial charge in [-0.15, -0.1) is 0 Å². The monoisotopic (exact) mass is 1360 g/mol. The molecule has 0 bridgehead atoms. The highest BCUT2D eigenvalue weighted by Gasteiger charge is 2.44. The summed E-state index contributed by atoms with van der Waals surface area (Å²) < 4.78 is 16.8. The smallest absolute Gasteiger partial charge is 0.305 e. The van der Waals surface area contributed by atoms with Crippen molar-refractivity contribution in [1.82, 2.24) is 5.32 Å². The zero-order valence-electron chi connectivity index (χ0n) is 63.4. The normalized spacial score (nSPS) is 17.4. The van der Waals surface area contributed by atoms with Crippen molar-refractivity contribution < 1.29 is 49.3 Å². The summed E-state index contributed by atoms with van der Waals surface area (Å²) in [5, 5.41) is 54.6. The van der Waals surface area contributed by atoms with Crippen LogP contribution in [-0.4, -0.2) is 100 Å². The zero-order valence-corrected chi connectivity index (χ0v) is 63.4. The number of aliphatic hydroxyl groups is 5. The molecule has 6 N–H and O–H groups in total. The maximum Gasteiger partial charge on any atom is 0.305 e. The molecule has 0 aliphatic carbocycles. The van der Waals surface area contributed by atoms with Gasteiger partial charge in [0, 0.05) is 12.8 Å². The van der Waals surface area contributed by atoms with Crippen LogP contribution >= 0.6 is 0 Å². The summed E-state index contributed by atoms with van der Waals surface area (Å²) in [5.41, 5.74) is 0. The van der Waals surface area contributed by atoms with Crippen molar-refractivity contribution in [3.63, 3.8) is 0 Å². The first-order valence-electron chi connectivity index (χ1n) is 42.3. The van der Waals surface area contributed by atoms with Crippen LogP contribution in [0.1, 0.15) is 431 Å². The molecule has 0 aromatic rings. The van der Waals surface area contributed by atoms with E-state index in [-0.39, 0.29) is 18.5 Å². The van der Waals surface area contributed by atoms with Crippen LogP contribution in [0.15, 0.2) is 36.5 Å². The third-order valence-electron chi connectivity index (χ3n) is 20.2. The van der Waals surface area contributed by atoms with Gasteiger partial charge in [-0.05, 0) is 64.2 Å². The van der Waals surface area contributed by atoms with Gasteiger partial charge in [0.1, 0.15) is 24.4 Å². The van der Waals surface area contributed by atoms with Crippen LogP contribution in [0.25, 0.3) is 0 Å². The Balaban J connectivity index is 1.89. The van der Waals surface area contributed by atoms with E-state index in [1.165, 1.54) is 347 Å². The minimum Gasteiger partial charge on any atom is -0.466 e. The van der Waals surface area contributed by atoms with Gasteiger partial charge in [0.2, 0.25) is 5.91 Å². The first kappa shape index (κ1) is 91.9. The number of carbonyl (C=O) groups is 2. The number of amides is 1. The molecule has 0 spiro atoms. The van der Waals surface area contributed by atoms with E-state index < -0.39 is 49.5 Å². The molecule has 0 saturated carbocycles. The van der Waals surface area contributed by atoms with E-state index >= 15 is 0 Å². The molecule has 1 fully saturated rings. The molecule has 0 radical (unpaired) electrons. The van der Waals surface area contributed by atoms with Crippen LogP contribution < -0.4 is 5.32 Å². The Morgan fingerprint density at radius 2 is 0.698 bits per heavy atom. The maximum atomic E-state index is 13.1. The highest BCUT2D eigenvalue weighted by Crippen LogP contribution is 2.24. The van der Waals surface area contributed by atoms with Crippen LogP contribution in [0.2, 0.25) is 0 Å². The predicted octanol–water partition coefficient (Wildman–Crippen LogP) is 23.3. The lowest BCUT2D eigenvalue weighted by Crippen LogP contribution is -2.60. The molecule has 0 aromatic heterocycles. The molecular formula is C85H161NO10. The molecule has 1 aliphatic rings. The fourth-order valence-corrected chi connectivity index (χ4v) is 13.6. The number of ether oxygens (including phenoxy) is 3. The second kappa shape index (κ2) is 74.1. The van der Waals surface area contributed by atoms with Gasteiger partial charge in [0.25, 0.3) is 0 Å². The Bertz CT molecular complexity index is 1690. The number of hydrogen-bond donors (Lipinski definition) is 6. The Morgan fingerprint density at radius 3 is 1.05 bits per heavy atom. The molecule has 11 heteroatoms. The van der Waals surface area contributed by atoms with Gasteiger partial charge in [0.15, 0.2) is 6.29 Å². The Kier molecular flexibility index (Phi) is 70.9. The number of nitrogens with one attached hydrogen (secondary N) is 1. The number of allylic oxidation sites excluding steroid dienone is 5. The SMILES string of the molecule is CCCCCCCCCCCCC/C=C/C(O)C(COC1OC(CO)C(O)C(O)C1O)NC(=O)CCCCCCCCCCCCCCCCCCC/C=C\C/C=C\CCCCCCCCCCCCCCCCCOC(=O)CCCCCCCCCCCCCCCCCC. The van der Waals surface area contributed by atoms with Crippen LogP contribution in [0.5, 0.6) is 0 Å². The van der Waals surface area contributed by atoms with Gasteiger partial charge in [0.05, 0.1) is 32.0 Å². The molecule has 1 amide bonds. The maximum absolute atomic E-state index is 13.1. The van der Waals surface area contributed by atoms with E-state index in [1.807, 2.05) is 6.08 Å². The molecule has 0 aromatic carbocycles. The van der Waals surface area contributed by atoms with Crippen molar-refractivity contribution in [2.75, 3.05) is 19.8 Å². The second-order valence-electron chi connectivity index (χ2n) is 29.5. The minimum absolute atomic E-state index is 0.0189. The fraction of sp³-hybridized carbons (Fsp3) is 0.906. The van der Waals surface area contributed by atoms with E-state index in [0.717, 1.165) is 57.8 Å². The minimum atomic E-state index is -1.57. The van der Waals surface area contributed by atoms with Crippen LogP contribution in [0.4, 0.5) is 0 Å². The molecule has 96 heavy (non-hydrogen) atoms. The number of carbonyl (C=O) groups excluding carboxylic acids is 2. The average molecular weight is 1360 g/mol. The topological polar surface area (TPSA) is 175 Å². The van der Waals surface area contributed by atoms with Gasteiger partial charge >= 0.3 is 5.97 Å². The molecule has 7 unspecified atom stereocenters. The van der Waals surface area contributed by atoms with E-state index in [9.17, 15) is 35.1 Å². The quantitative estimate of drug-likeness (QED) is 0.0195. The third kappa shape index (κ3) is 61.7. The number of rotatable bonds is 76. The van der Waals surface area contributed by atoms with Crippen molar-refractivity contribution >= 4 is 11.9 Å². The summed E-state index contributed by atoms with van der Waals surface area (Å²) in [4.78, 5) is 25.2. The number of esters is 1. The average Bonchev–Trinajstić information content (AvgIpc) is 0.843. The van der Waals surface area contributed by atoms with E-state index in [2.05, 4.69) is 43.5 Å². The van der Waals surface area contributed by atoms with Gasteiger partial charge < -0.3 is 45.1 Å². The molecule has 1 rings (SSSR count). The Labute approximate surface area is 594 Å². The lowest BCUT2D eigenvalue weighted by atomic mass is 9.99. The zero-order chi connectivity index (χ0) is 69.4. The standard InChI is InChI=1S/C85H161NO10/c1-3-5-7-9-11-13-15-17-18-45-49-53-57-61-65-69-73-81(90)94-74-70-66-62-58-54-50-46-43-41-39-37-35-33-31-29-27-25-23-21-19-20-22-24-26-28-30-32-34-36-38-40-42-44-48-52-56-60-64-68-72-80(89)86-77(76-95-85-84(93)83(92)82(91)79(75-87)96-85)78(88)71-67-63-59-55-51-47-16-14-12-10-8-6-4-2/h19-20,23,25,67,71,77-79,82-85,87-88,91-93H,3-18,21-22,24,26-66,68-70,72-76H2,1-2H3,(H,86,89)/b20-19-,25-23-,71-67+. The van der Waals surface area contributed by atoms with Crippen molar-refractivity contribution in [3.8, 4) is 0 Å². The summed E-state index contributed by atoms with van der Waals surface area (Å²) in [5.74, 6) is -0.157. The number of aliphatic hydroxyl groups excluding tert-OH is 5. The van der Waals surface area contributed by atoms with Gasteiger partial charge in [-0.1, -0.05) is 391 Å². The molecule has 566 valence electrons. The molecule has 11 nitrogen and oxygen atoms in total. The largest absolute Gasteiger partial charge is 0.466 e. The van der Waals surface area contributed by atoms with Crippen LogP contribution in [0.3, 0.4) is 0 Å². The van der Waals surface area contributed by atoms with Crippen LogP contribution in [0, 0.1) is 0 Å². The summed E-state index contributed by atoms with van der Waals surface area (Å²) in [6.45, 7) is 4.41. The van der Waals surface area contributed by atoms with E-state index in [1.54, 1.807) is 6.08 Å². The van der Waals surface area contributed by atoms with E-state index in [4.69, 9.17) is 14.2 Å². The molecule has 1 heterocycles. The molecule has 7 atom stereocenters. The summed E-state index contributed by atoms with van der Waals surface area (Å²) in [7, 11) is 0. The summed E-state index contributed by atoms with van der Waals surface area (Å²) >= 11 is 0. The molecular weight excluding hydrogens is 1190 g/mol. The predicted molar refractivity (Wildman–Crippen MR) is 407 cm³/mol. The van der Waals surface area contributed by atoms with Crippen molar-refractivity contribution in [1.29, 1.82) is 0 Å². The van der Waals surface area contributed by atoms with E-state index in [0.29, 0.717) is 19.4 Å². The van der Waals surface area contributed by atoms with Crippen LogP contribution in [-0.2, 0) is 23.8 Å². The lowest BCUT2D eigenvalue weighted by molar-refractivity contribution is -0.302. The number of unbranched alkanes of at least 4 members (excludes halogenated alkanes) is 58. The Hall–Kier alpha value is -2.12. The molecule has 1 aliphatic heterocycles. The Morgan fingerprint density at radius 1 is 0.385 bits per heavy atom. The first-order chi connectivity index (χ1) is 47.2. The van der Waals surface area contributed by atoms with Crippen molar-refractivity contribution in [2.45, 2.75) is 474 Å².